The third kappa shape index (κ3) is 3.84. The second kappa shape index (κ2) is 7.38. The number of hydrogen-bond acceptors (Lipinski definition) is 5. The molecule has 0 aliphatic rings. The number of aromatic nitrogens is 1. The number of thiazole rings is 1. The van der Waals surface area contributed by atoms with Crippen molar-refractivity contribution in [1.82, 2.24) is 15.2 Å². The summed E-state index contributed by atoms with van der Waals surface area (Å²) in [4.78, 5) is 18.6. The van der Waals surface area contributed by atoms with Crippen molar-refractivity contribution in [2.75, 3.05) is 27.7 Å². The number of ether oxygens (including phenoxy) is 1. The first-order valence-electron chi connectivity index (χ1n) is 7.06. The first-order valence-corrected chi connectivity index (χ1v) is 7.94. The molecule has 0 fully saturated rings. The molecule has 118 valence electrons. The topological polar surface area (TPSA) is 54.5 Å². The van der Waals surface area contributed by atoms with Crippen LogP contribution in [0, 0.1) is 0 Å². The lowest BCUT2D eigenvalue weighted by molar-refractivity contribution is 0.0939. The number of rotatable bonds is 6. The van der Waals surface area contributed by atoms with Crippen molar-refractivity contribution in [3.8, 4) is 16.3 Å². The molecule has 2 aromatic rings. The molecule has 1 aromatic heterocycles. The van der Waals surface area contributed by atoms with Crippen LogP contribution in [0.15, 0.2) is 29.6 Å². The van der Waals surface area contributed by atoms with Gasteiger partial charge in [0.2, 0.25) is 0 Å². The van der Waals surface area contributed by atoms with Crippen LogP contribution in [0.5, 0.6) is 5.75 Å². The number of nitrogens with zero attached hydrogens (tertiary/aromatic N) is 2. The number of amides is 1. The van der Waals surface area contributed by atoms with Gasteiger partial charge in [0, 0.05) is 18.0 Å². The molecule has 1 aromatic carbocycles. The minimum absolute atomic E-state index is 0.147. The monoisotopic (exact) mass is 319 g/mol. The summed E-state index contributed by atoms with van der Waals surface area (Å²) in [7, 11) is 5.60. The minimum atomic E-state index is -0.147. The van der Waals surface area contributed by atoms with Gasteiger partial charge in [-0.25, -0.2) is 4.98 Å². The van der Waals surface area contributed by atoms with E-state index in [2.05, 4.69) is 22.1 Å². The zero-order chi connectivity index (χ0) is 16.1. The van der Waals surface area contributed by atoms with E-state index in [4.69, 9.17) is 4.74 Å². The summed E-state index contributed by atoms with van der Waals surface area (Å²) in [5.41, 5.74) is 1.34. The van der Waals surface area contributed by atoms with Gasteiger partial charge in [-0.2, -0.15) is 0 Å². The normalized spacial score (nSPS) is 12.2. The van der Waals surface area contributed by atoms with E-state index in [-0.39, 0.29) is 11.9 Å². The Bertz CT molecular complexity index is 640. The molecule has 0 aliphatic heterocycles. The van der Waals surface area contributed by atoms with Crippen LogP contribution in [0.4, 0.5) is 0 Å². The molecule has 0 spiro atoms. The van der Waals surface area contributed by atoms with Crippen LogP contribution in [-0.4, -0.2) is 49.6 Å². The average molecular weight is 319 g/mol. The van der Waals surface area contributed by atoms with Crippen LogP contribution in [0.1, 0.15) is 17.4 Å². The van der Waals surface area contributed by atoms with Crippen LogP contribution in [0.2, 0.25) is 0 Å². The van der Waals surface area contributed by atoms with Crippen molar-refractivity contribution in [2.45, 2.75) is 13.0 Å². The Morgan fingerprint density at radius 2 is 2.14 bits per heavy atom. The van der Waals surface area contributed by atoms with Crippen LogP contribution in [0.25, 0.3) is 10.6 Å². The van der Waals surface area contributed by atoms with Crippen molar-refractivity contribution >= 4 is 17.2 Å². The van der Waals surface area contributed by atoms with E-state index >= 15 is 0 Å². The quantitative estimate of drug-likeness (QED) is 0.889. The molecule has 0 unspecified atom stereocenters. The molecule has 1 amide bonds. The van der Waals surface area contributed by atoms with Gasteiger partial charge in [0.05, 0.1) is 12.7 Å². The molecule has 1 heterocycles. The second-order valence-electron chi connectivity index (χ2n) is 5.26. The maximum atomic E-state index is 12.2. The zero-order valence-electron chi connectivity index (χ0n) is 13.3. The van der Waals surface area contributed by atoms with Gasteiger partial charge in [0.25, 0.3) is 5.91 Å². The van der Waals surface area contributed by atoms with Crippen molar-refractivity contribution in [2.24, 2.45) is 0 Å². The number of nitrogens with one attached hydrogen (secondary N) is 1. The van der Waals surface area contributed by atoms with Crippen LogP contribution in [-0.2, 0) is 0 Å². The van der Waals surface area contributed by atoms with Crippen molar-refractivity contribution in [3.63, 3.8) is 0 Å². The first kappa shape index (κ1) is 16.5. The van der Waals surface area contributed by atoms with Crippen molar-refractivity contribution in [1.29, 1.82) is 0 Å². The molecule has 6 heteroatoms. The van der Waals surface area contributed by atoms with Gasteiger partial charge in [0.15, 0.2) is 0 Å². The van der Waals surface area contributed by atoms with Crippen molar-refractivity contribution in [3.05, 3.63) is 35.3 Å². The number of para-hydroxylation sites is 1. The maximum absolute atomic E-state index is 12.2. The van der Waals surface area contributed by atoms with Crippen LogP contribution in [0.3, 0.4) is 0 Å². The Kier molecular flexibility index (Phi) is 5.51. The molecular weight excluding hydrogens is 298 g/mol. The highest BCUT2D eigenvalue weighted by Gasteiger charge is 2.15. The predicted molar refractivity (Wildman–Crippen MR) is 89.6 cm³/mol. The summed E-state index contributed by atoms with van der Waals surface area (Å²) in [6.07, 6.45) is 0. The lowest BCUT2D eigenvalue weighted by Crippen LogP contribution is -2.38. The maximum Gasteiger partial charge on any atom is 0.270 e. The summed E-state index contributed by atoms with van der Waals surface area (Å²) in [6, 6.07) is 7.93. The Labute approximate surface area is 134 Å². The Morgan fingerprint density at radius 3 is 2.82 bits per heavy atom. The summed E-state index contributed by atoms with van der Waals surface area (Å²) in [6.45, 7) is 2.65. The Hall–Kier alpha value is -1.92. The van der Waals surface area contributed by atoms with Gasteiger partial charge in [-0.3, -0.25) is 4.79 Å². The molecule has 0 radical (unpaired) electrons. The Morgan fingerprint density at radius 1 is 1.41 bits per heavy atom. The highest BCUT2D eigenvalue weighted by Crippen LogP contribution is 2.31. The van der Waals surface area contributed by atoms with Crippen LogP contribution < -0.4 is 10.1 Å². The standard InChI is InChI=1S/C16H21N3O2S/c1-11(19(2)3)9-17-15(20)13-10-22-16(18-13)12-7-5-6-8-14(12)21-4/h5-8,10-11H,9H2,1-4H3,(H,17,20)/t11-/m0/s1. The van der Waals surface area contributed by atoms with E-state index in [9.17, 15) is 4.79 Å². The third-order valence-corrected chi connectivity index (χ3v) is 4.39. The van der Waals surface area contributed by atoms with E-state index in [0.29, 0.717) is 12.2 Å². The Balaban J connectivity index is 2.09. The van der Waals surface area contributed by atoms with Gasteiger partial charge >= 0.3 is 0 Å². The number of likely N-dealkylation sites (N-methyl/N-ethyl adjacent to an activating group) is 1. The molecule has 5 nitrogen and oxygen atoms in total. The molecule has 1 N–H and O–H groups in total. The van der Waals surface area contributed by atoms with Gasteiger partial charge in [-0.05, 0) is 33.2 Å². The van der Waals surface area contributed by atoms with E-state index in [0.717, 1.165) is 16.3 Å². The molecule has 22 heavy (non-hydrogen) atoms. The average Bonchev–Trinajstić information content (AvgIpc) is 3.01. The number of carbonyl (C=O) groups is 1. The second-order valence-corrected chi connectivity index (χ2v) is 6.12. The SMILES string of the molecule is COc1ccccc1-c1nc(C(=O)NC[C@H](C)N(C)C)cs1. The van der Waals surface area contributed by atoms with E-state index in [1.54, 1.807) is 12.5 Å². The summed E-state index contributed by atoms with van der Waals surface area (Å²) >= 11 is 1.44. The fraction of sp³-hybridized carbons (Fsp3) is 0.375. The van der Waals surface area contributed by atoms with Crippen LogP contribution >= 0.6 is 11.3 Å². The lowest BCUT2D eigenvalue weighted by Gasteiger charge is -2.19. The number of carbonyl (C=O) groups excluding carboxylic acids is 1. The first-order chi connectivity index (χ1) is 10.5. The predicted octanol–water partition coefficient (Wildman–Crippen LogP) is 2.50. The van der Waals surface area contributed by atoms with Gasteiger partial charge in [-0.1, -0.05) is 12.1 Å². The fourth-order valence-electron chi connectivity index (χ4n) is 1.84. The number of benzene rings is 1. The third-order valence-electron chi connectivity index (χ3n) is 3.51. The largest absolute Gasteiger partial charge is 0.496 e. The van der Waals surface area contributed by atoms with E-state index in [1.807, 2.05) is 38.4 Å². The van der Waals surface area contributed by atoms with Gasteiger partial charge < -0.3 is 15.0 Å². The summed E-state index contributed by atoms with van der Waals surface area (Å²) in [5, 5.41) is 5.46. The molecule has 1 atom stereocenters. The molecule has 0 bridgehead atoms. The fourth-order valence-corrected chi connectivity index (χ4v) is 2.67. The highest BCUT2D eigenvalue weighted by atomic mass is 32.1. The van der Waals surface area contributed by atoms with Gasteiger partial charge in [0.1, 0.15) is 16.5 Å². The minimum Gasteiger partial charge on any atom is -0.496 e. The lowest BCUT2D eigenvalue weighted by atomic mass is 10.2. The number of methoxy groups -OCH3 is 1. The van der Waals surface area contributed by atoms with Gasteiger partial charge in [-0.15, -0.1) is 11.3 Å². The smallest absolute Gasteiger partial charge is 0.270 e. The number of hydrogen-bond donors (Lipinski definition) is 1. The molecule has 0 saturated carbocycles. The highest BCUT2D eigenvalue weighted by molar-refractivity contribution is 7.13. The summed E-state index contributed by atoms with van der Waals surface area (Å²) < 4.78 is 5.34. The summed E-state index contributed by atoms with van der Waals surface area (Å²) in [5.74, 6) is 0.608. The van der Waals surface area contributed by atoms with E-state index < -0.39 is 0 Å². The van der Waals surface area contributed by atoms with Crippen molar-refractivity contribution < 1.29 is 9.53 Å². The molecular formula is C16H21N3O2S. The zero-order valence-corrected chi connectivity index (χ0v) is 14.1. The molecule has 2 rings (SSSR count). The van der Waals surface area contributed by atoms with E-state index in [1.165, 1.54) is 11.3 Å². The molecule has 0 aliphatic carbocycles. The molecule has 0 saturated heterocycles.